The van der Waals surface area contributed by atoms with Crippen LogP contribution in [-0.2, 0) is 11.2 Å². The van der Waals surface area contributed by atoms with Crippen molar-refractivity contribution in [1.82, 2.24) is 4.90 Å². The number of hydrogen-bond donors (Lipinski definition) is 0. The van der Waals surface area contributed by atoms with Crippen LogP contribution in [-0.4, -0.2) is 23.9 Å². The third-order valence-corrected chi connectivity index (χ3v) is 3.35. The zero-order chi connectivity index (χ0) is 13.0. The van der Waals surface area contributed by atoms with E-state index in [-0.39, 0.29) is 17.9 Å². The topological polar surface area (TPSA) is 20.3 Å². The first kappa shape index (κ1) is 13.0. The number of halogens is 2. The molecule has 2 rings (SSSR count). The summed E-state index contributed by atoms with van der Waals surface area (Å²) >= 11 is 0. The van der Waals surface area contributed by atoms with Crippen molar-refractivity contribution in [3.63, 3.8) is 0 Å². The Kier molecular flexibility index (Phi) is 4.28. The van der Waals surface area contributed by atoms with Gasteiger partial charge in [-0.1, -0.05) is 18.9 Å². The molecule has 0 radical (unpaired) electrons. The van der Waals surface area contributed by atoms with Crippen molar-refractivity contribution in [2.45, 2.75) is 32.1 Å². The summed E-state index contributed by atoms with van der Waals surface area (Å²) in [4.78, 5) is 13.7. The fraction of sp³-hybridized carbons (Fsp3) is 0.500. The molecule has 0 unspecified atom stereocenters. The molecule has 1 aromatic carbocycles. The minimum absolute atomic E-state index is 0.119. The SMILES string of the molecule is O=C(Cc1c(F)cccc1F)N1CCCCCC1. The van der Waals surface area contributed by atoms with Gasteiger partial charge in [0.2, 0.25) is 5.91 Å². The zero-order valence-corrected chi connectivity index (χ0v) is 10.3. The molecule has 1 aromatic rings. The van der Waals surface area contributed by atoms with E-state index >= 15 is 0 Å². The van der Waals surface area contributed by atoms with Gasteiger partial charge in [0, 0.05) is 18.7 Å². The van der Waals surface area contributed by atoms with E-state index in [0.29, 0.717) is 13.1 Å². The molecule has 0 spiro atoms. The van der Waals surface area contributed by atoms with Crippen LogP contribution in [0, 0.1) is 11.6 Å². The van der Waals surface area contributed by atoms with E-state index in [9.17, 15) is 13.6 Å². The summed E-state index contributed by atoms with van der Waals surface area (Å²) < 4.78 is 26.9. The van der Waals surface area contributed by atoms with Gasteiger partial charge in [0.15, 0.2) is 0 Å². The lowest BCUT2D eigenvalue weighted by Crippen LogP contribution is -2.33. The Bertz CT molecular complexity index is 406. The highest BCUT2D eigenvalue weighted by Gasteiger charge is 2.19. The largest absolute Gasteiger partial charge is 0.342 e. The van der Waals surface area contributed by atoms with Crippen molar-refractivity contribution in [1.29, 1.82) is 0 Å². The van der Waals surface area contributed by atoms with Crippen molar-refractivity contribution in [2.75, 3.05) is 13.1 Å². The lowest BCUT2D eigenvalue weighted by atomic mass is 10.1. The Morgan fingerprint density at radius 2 is 1.61 bits per heavy atom. The number of benzene rings is 1. The summed E-state index contributed by atoms with van der Waals surface area (Å²) in [6.45, 7) is 1.41. The molecular formula is C14H17F2NO. The van der Waals surface area contributed by atoms with Gasteiger partial charge in [0.25, 0.3) is 0 Å². The Labute approximate surface area is 106 Å². The molecule has 0 aliphatic carbocycles. The maximum Gasteiger partial charge on any atom is 0.227 e. The van der Waals surface area contributed by atoms with Crippen molar-refractivity contribution < 1.29 is 13.6 Å². The predicted molar refractivity (Wildman–Crippen MR) is 65.1 cm³/mol. The minimum Gasteiger partial charge on any atom is -0.342 e. The number of rotatable bonds is 2. The number of amides is 1. The summed E-state index contributed by atoms with van der Waals surface area (Å²) in [6.07, 6.45) is 4.02. The van der Waals surface area contributed by atoms with E-state index in [0.717, 1.165) is 25.7 Å². The Morgan fingerprint density at radius 3 is 2.17 bits per heavy atom. The summed E-state index contributed by atoms with van der Waals surface area (Å²) in [6, 6.07) is 3.69. The zero-order valence-electron chi connectivity index (χ0n) is 10.3. The monoisotopic (exact) mass is 253 g/mol. The molecule has 0 aromatic heterocycles. The minimum atomic E-state index is -0.641. The molecule has 98 valence electrons. The second kappa shape index (κ2) is 5.94. The van der Waals surface area contributed by atoms with Crippen molar-refractivity contribution in [3.8, 4) is 0 Å². The number of hydrogen-bond acceptors (Lipinski definition) is 1. The molecule has 18 heavy (non-hydrogen) atoms. The van der Waals surface area contributed by atoms with Crippen LogP contribution in [0.1, 0.15) is 31.2 Å². The van der Waals surface area contributed by atoms with Gasteiger partial charge in [-0.2, -0.15) is 0 Å². The first-order valence-corrected chi connectivity index (χ1v) is 6.39. The molecule has 1 fully saturated rings. The normalized spacial score (nSPS) is 16.4. The molecule has 1 heterocycles. The van der Waals surface area contributed by atoms with Crippen LogP contribution >= 0.6 is 0 Å². The van der Waals surface area contributed by atoms with Crippen molar-refractivity contribution >= 4 is 5.91 Å². The average molecular weight is 253 g/mol. The third-order valence-electron chi connectivity index (χ3n) is 3.35. The molecule has 0 saturated carbocycles. The fourth-order valence-electron chi connectivity index (χ4n) is 2.28. The number of carbonyl (C=O) groups excluding carboxylic acids is 1. The highest BCUT2D eigenvalue weighted by Crippen LogP contribution is 2.16. The van der Waals surface area contributed by atoms with Gasteiger partial charge >= 0.3 is 0 Å². The van der Waals surface area contributed by atoms with Gasteiger partial charge in [0.05, 0.1) is 6.42 Å². The molecule has 1 aliphatic rings. The molecular weight excluding hydrogens is 236 g/mol. The second-order valence-electron chi connectivity index (χ2n) is 4.67. The molecule has 4 heteroatoms. The Hall–Kier alpha value is -1.45. The van der Waals surface area contributed by atoms with Gasteiger partial charge < -0.3 is 4.90 Å². The van der Waals surface area contributed by atoms with Crippen LogP contribution in [0.3, 0.4) is 0 Å². The van der Waals surface area contributed by atoms with Crippen molar-refractivity contribution in [2.24, 2.45) is 0 Å². The van der Waals surface area contributed by atoms with Crippen LogP contribution in [0.25, 0.3) is 0 Å². The maximum absolute atomic E-state index is 13.4. The standard InChI is InChI=1S/C14H17F2NO/c15-12-6-5-7-13(16)11(12)10-14(18)17-8-3-1-2-4-9-17/h5-7H,1-4,8-10H2. The van der Waals surface area contributed by atoms with Crippen LogP contribution < -0.4 is 0 Å². The van der Waals surface area contributed by atoms with Crippen LogP contribution in [0.5, 0.6) is 0 Å². The van der Waals surface area contributed by atoms with Crippen molar-refractivity contribution in [3.05, 3.63) is 35.4 Å². The molecule has 1 saturated heterocycles. The van der Waals surface area contributed by atoms with E-state index in [4.69, 9.17) is 0 Å². The van der Waals surface area contributed by atoms with Gasteiger partial charge in [0.1, 0.15) is 11.6 Å². The number of carbonyl (C=O) groups is 1. The molecule has 1 aliphatic heterocycles. The summed E-state index contributed by atoms with van der Waals surface area (Å²) in [5, 5.41) is 0. The summed E-state index contributed by atoms with van der Waals surface area (Å²) in [5.41, 5.74) is -0.119. The molecule has 0 bridgehead atoms. The highest BCUT2D eigenvalue weighted by molar-refractivity contribution is 5.78. The maximum atomic E-state index is 13.4. The molecule has 0 atom stereocenters. The van der Waals surface area contributed by atoms with Gasteiger partial charge in [-0.05, 0) is 25.0 Å². The predicted octanol–water partition coefficient (Wildman–Crippen LogP) is 2.91. The van der Waals surface area contributed by atoms with E-state index in [2.05, 4.69) is 0 Å². The quantitative estimate of drug-likeness (QED) is 0.793. The van der Waals surface area contributed by atoms with Crippen LogP contribution in [0.4, 0.5) is 8.78 Å². The third kappa shape index (κ3) is 3.06. The van der Waals surface area contributed by atoms with Gasteiger partial charge in [-0.3, -0.25) is 4.79 Å². The lowest BCUT2D eigenvalue weighted by molar-refractivity contribution is -0.130. The van der Waals surface area contributed by atoms with Gasteiger partial charge in [-0.25, -0.2) is 8.78 Å². The van der Waals surface area contributed by atoms with E-state index in [1.54, 1.807) is 4.90 Å². The van der Waals surface area contributed by atoms with E-state index < -0.39 is 11.6 Å². The molecule has 2 nitrogen and oxygen atoms in total. The lowest BCUT2D eigenvalue weighted by Gasteiger charge is -2.20. The van der Waals surface area contributed by atoms with Crippen LogP contribution in [0.2, 0.25) is 0 Å². The first-order chi connectivity index (χ1) is 8.68. The average Bonchev–Trinajstić information content (AvgIpc) is 2.62. The summed E-state index contributed by atoms with van der Waals surface area (Å²) in [7, 11) is 0. The smallest absolute Gasteiger partial charge is 0.227 e. The molecule has 0 N–H and O–H groups in total. The van der Waals surface area contributed by atoms with E-state index in [1.165, 1.54) is 18.2 Å². The number of likely N-dealkylation sites (tertiary alicyclic amines) is 1. The Morgan fingerprint density at radius 1 is 1.06 bits per heavy atom. The summed E-state index contributed by atoms with van der Waals surface area (Å²) in [5.74, 6) is -1.46. The number of nitrogens with zero attached hydrogens (tertiary/aromatic N) is 1. The second-order valence-corrected chi connectivity index (χ2v) is 4.67. The molecule has 1 amide bonds. The fourth-order valence-corrected chi connectivity index (χ4v) is 2.28. The highest BCUT2D eigenvalue weighted by atomic mass is 19.1. The van der Waals surface area contributed by atoms with E-state index in [1.807, 2.05) is 0 Å². The van der Waals surface area contributed by atoms with Gasteiger partial charge in [-0.15, -0.1) is 0 Å². The Balaban J connectivity index is 2.06. The van der Waals surface area contributed by atoms with Crippen LogP contribution in [0.15, 0.2) is 18.2 Å². The first-order valence-electron chi connectivity index (χ1n) is 6.39.